The molecule has 12 heteroatoms. The molecular weight excluding hydrogens is 526 g/mol. The summed E-state index contributed by atoms with van der Waals surface area (Å²) in [7, 11) is 0. The molecule has 214 valence electrons. The first kappa shape index (κ1) is 28.9. The van der Waals surface area contributed by atoms with Gasteiger partial charge in [0, 0.05) is 36.2 Å². The highest BCUT2D eigenvalue weighted by Gasteiger charge is 2.32. The molecule has 4 rings (SSSR count). The number of nitrogens with two attached hydrogens (primary N) is 1. The minimum atomic E-state index is -0.917. The molecule has 1 aromatic heterocycles. The molecule has 2 atom stereocenters. The van der Waals surface area contributed by atoms with E-state index in [0.29, 0.717) is 42.3 Å². The Morgan fingerprint density at radius 2 is 1.78 bits per heavy atom. The first-order valence-corrected chi connectivity index (χ1v) is 13.1. The molecule has 1 fully saturated rings. The molecule has 1 aliphatic heterocycles. The van der Waals surface area contributed by atoms with E-state index in [-0.39, 0.29) is 35.4 Å². The summed E-state index contributed by atoms with van der Waals surface area (Å²) in [5.41, 5.74) is 8.13. The number of benzene rings is 2. The molecule has 0 bridgehead atoms. The van der Waals surface area contributed by atoms with Crippen LogP contribution in [0.5, 0.6) is 11.6 Å². The monoisotopic (exact) mass is 559 g/mol. The van der Waals surface area contributed by atoms with Crippen LogP contribution in [0.1, 0.15) is 37.0 Å². The third-order valence-electron chi connectivity index (χ3n) is 6.64. The van der Waals surface area contributed by atoms with Crippen LogP contribution in [0, 0.1) is 0 Å². The van der Waals surface area contributed by atoms with Crippen molar-refractivity contribution in [3.63, 3.8) is 0 Å². The van der Waals surface area contributed by atoms with Crippen molar-refractivity contribution in [2.24, 2.45) is 5.73 Å². The van der Waals surface area contributed by atoms with Crippen LogP contribution in [0.15, 0.2) is 61.2 Å². The highest BCUT2D eigenvalue weighted by atomic mass is 16.5. The number of amides is 3. The predicted molar refractivity (Wildman–Crippen MR) is 156 cm³/mol. The number of carbonyl (C=O) groups is 3. The summed E-state index contributed by atoms with van der Waals surface area (Å²) in [6.45, 7) is 10.2. The van der Waals surface area contributed by atoms with E-state index < -0.39 is 12.0 Å². The largest absolute Gasteiger partial charge is 0.465 e. The number of ether oxygens (including phenoxy) is 1. The fraction of sp³-hybridized carbons (Fsp3) is 0.276. The maximum absolute atomic E-state index is 12.3. The van der Waals surface area contributed by atoms with Gasteiger partial charge in [0.2, 0.25) is 11.8 Å². The number of nitrogens with zero attached hydrogens (tertiary/aromatic N) is 4. The average Bonchev–Trinajstić information content (AvgIpc) is 2.93. The van der Waals surface area contributed by atoms with Crippen LogP contribution in [0.4, 0.5) is 27.7 Å². The van der Waals surface area contributed by atoms with E-state index in [1.54, 1.807) is 24.3 Å². The Hall–Kier alpha value is -5.13. The fourth-order valence-corrected chi connectivity index (χ4v) is 4.77. The lowest BCUT2D eigenvalue weighted by Crippen LogP contribution is -2.58. The first-order chi connectivity index (χ1) is 19.6. The third-order valence-corrected chi connectivity index (χ3v) is 6.64. The van der Waals surface area contributed by atoms with Crippen molar-refractivity contribution in [3.05, 3.63) is 72.6 Å². The van der Waals surface area contributed by atoms with Crippen molar-refractivity contribution < 1.29 is 24.2 Å². The van der Waals surface area contributed by atoms with E-state index in [9.17, 15) is 19.5 Å². The summed E-state index contributed by atoms with van der Waals surface area (Å²) in [5.74, 6) is -0.379. The molecule has 2 heterocycles. The van der Waals surface area contributed by atoms with Crippen LogP contribution in [0.3, 0.4) is 0 Å². The Labute approximate surface area is 237 Å². The standard InChI is InChI=1S/C29H33N7O5/c1-5-23-28(41-22-9-7-8-20(14-22)31-24(37)6-2)34-27(25(33-23)26(30)38)32-19-10-12-21(13-11-19)35-15-17(3)36(29(39)40)18(4)16-35/h6-14,17-18H,2,5,15-16H2,1,3-4H3,(H2,30,38)(H,31,37)(H,32,34)(H,39,40)/t17-,18+. The summed E-state index contributed by atoms with van der Waals surface area (Å²) < 4.78 is 6.02. The Bertz CT molecular complexity index is 1450. The fourth-order valence-electron chi connectivity index (χ4n) is 4.77. The van der Waals surface area contributed by atoms with Crippen molar-refractivity contribution in [3.8, 4) is 11.6 Å². The Morgan fingerprint density at radius 3 is 2.37 bits per heavy atom. The van der Waals surface area contributed by atoms with Crippen molar-refractivity contribution in [1.29, 1.82) is 0 Å². The maximum atomic E-state index is 12.3. The zero-order valence-electron chi connectivity index (χ0n) is 23.1. The molecule has 12 nitrogen and oxygen atoms in total. The van der Waals surface area contributed by atoms with Gasteiger partial charge in [-0.2, -0.15) is 4.98 Å². The summed E-state index contributed by atoms with van der Waals surface area (Å²) >= 11 is 0. The summed E-state index contributed by atoms with van der Waals surface area (Å²) in [6.07, 6.45) is 0.679. The van der Waals surface area contributed by atoms with Crippen LogP contribution in [-0.4, -0.2) is 63.1 Å². The minimum absolute atomic E-state index is 0.0299. The summed E-state index contributed by atoms with van der Waals surface area (Å²) in [5, 5.41) is 15.3. The maximum Gasteiger partial charge on any atom is 0.407 e. The number of primary amides is 1. The SMILES string of the molecule is C=CC(=O)Nc1cccc(Oc2nc(Nc3ccc(N4C[C@@H](C)N(C(=O)O)[C@@H](C)C4)cc3)c(C(N)=O)nc2CC)c1. The first-order valence-electron chi connectivity index (χ1n) is 13.1. The smallest absolute Gasteiger partial charge is 0.407 e. The van der Waals surface area contributed by atoms with Gasteiger partial charge < -0.3 is 31.1 Å². The molecule has 3 amide bonds. The van der Waals surface area contributed by atoms with E-state index in [2.05, 4.69) is 32.1 Å². The van der Waals surface area contributed by atoms with Gasteiger partial charge in [0.25, 0.3) is 5.91 Å². The Kier molecular flexibility index (Phi) is 8.71. The summed E-state index contributed by atoms with van der Waals surface area (Å²) in [4.78, 5) is 48.1. The lowest BCUT2D eigenvalue weighted by molar-refractivity contribution is -0.111. The normalized spacial score (nSPS) is 16.6. The quantitative estimate of drug-likeness (QED) is 0.279. The van der Waals surface area contributed by atoms with E-state index in [1.165, 1.54) is 11.0 Å². The van der Waals surface area contributed by atoms with Crippen LogP contribution in [0.2, 0.25) is 0 Å². The number of piperazine rings is 1. The second kappa shape index (κ2) is 12.4. The molecule has 1 saturated heterocycles. The number of hydrogen-bond acceptors (Lipinski definition) is 8. The van der Waals surface area contributed by atoms with E-state index in [4.69, 9.17) is 10.5 Å². The van der Waals surface area contributed by atoms with Gasteiger partial charge in [0.05, 0.1) is 12.1 Å². The molecule has 5 N–H and O–H groups in total. The van der Waals surface area contributed by atoms with Crippen molar-refractivity contribution in [2.75, 3.05) is 28.6 Å². The molecule has 2 aromatic carbocycles. The molecule has 0 radical (unpaired) electrons. The molecule has 1 aliphatic rings. The number of aromatic nitrogens is 2. The highest BCUT2D eigenvalue weighted by Crippen LogP contribution is 2.30. The zero-order chi connectivity index (χ0) is 29.7. The van der Waals surface area contributed by atoms with Gasteiger partial charge in [-0.25, -0.2) is 9.78 Å². The van der Waals surface area contributed by atoms with Gasteiger partial charge in [-0.05, 0) is 62.7 Å². The van der Waals surface area contributed by atoms with Crippen molar-refractivity contribution in [2.45, 2.75) is 39.3 Å². The predicted octanol–water partition coefficient (Wildman–Crippen LogP) is 4.38. The number of nitrogens with one attached hydrogen (secondary N) is 2. The number of aryl methyl sites for hydroxylation is 1. The third kappa shape index (κ3) is 6.72. The lowest BCUT2D eigenvalue weighted by atomic mass is 10.1. The number of hydrogen-bond donors (Lipinski definition) is 4. The zero-order valence-corrected chi connectivity index (χ0v) is 23.1. The molecule has 0 spiro atoms. The molecular formula is C29H33N7O5. The molecule has 3 aromatic rings. The second-order valence-corrected chi connectivity index (χ2v) is 9.68. The number of rotatable bonds is 9. The van der Waals surface area contributed by atoms with Gasteiger partial charge in [0.1, 0.15) is 11.4 Å². The topological polar surface area (TPSA) is 163 Å². The van der Waals surface area contributed by atoms with Gasteiger partial charge in [-0.3, -0.25) is 14.5 Å². The van der Waals surface area contributed by atoms with Crippen molar-refractivity contribution >= 4 is 40.8 Å². The van der Waals surface area contributed by atoms with Crippen LogP contribution in [0.25, 0.3) is 0 Å². The molecule has 0 unspecified atom stereocenters. The molecule has 0 saturated carbocycles. The molecule has 41 heavy (non-hydrogen) atoms. The van der Waals surface area contributed by atoms with Gasteiger partial charge >= 0.3 is 6.09 Å². The van der Waals surface area contributed by atoms with Gasteiger partial charge in [-0.15, -0.1) is 0 Å². The van der Waals surface area contributed by atoms with Crippen LogP contribution in [-0.2, 0) is 11.2 Å². The number of carboxylic acid groups (broad SMARTS) is 1. The van der Waals surface area contributed by atoms with E-state index in [0.717, 1.165) is 5.69 Å². The minimum Gasteiger partial charge on any atom is -0.465 e. The van der Waals surface area contributed by atoms with Gasteiger partial charge in [0.15, 0.2) is 11.5 Å². The van der Waals surface area contributed by atoms with Gasteiger partial charge in [-0.1, -0.05) is 19.6 Å². The second-order valence-electron chi connectivity index (χ2n) is 9.68. The van der Waals surface area contributed by atoms with Crippen LogP contribution < -0.4 is 26.0 Å². The van der Waals surface area contributed by atoms with E-state index in [1.807, 2.05) is 45.0 Å². The lowest BCUT2D eigenvalue weighted by Gasteiger charge is -2.43. The van der Waals surface area contributed by atoms with E-state index >= 15 is 0 Å². The van der Waals surface area contributed by atoms with Crippen LogP contribution >= 0.6 is 0 Å². The molecule has 0 aliphatic carbocycles. The number of carbonyl (C=O) groups excluding carboxylic acids is 2. The Balaban J connectivity index is 1.57. The average molecular weight is 560 g/mol. The number of anilines is 4. The Morgan fingerprint density at radius 1 is 1.10 bits per heavy atom. The highest BCUT2D eigenvalue weighted by molar-refractivity contribution is 5.99. The van der Waals surface area contributed by atoms with Crippen molar-refractivity contribution in [1.82, 2.24) is 14.9 Å². The summed E-state index contributed by atoms with van der Waals surface area (Å²) in [6, 6.07) is 13.9.